The second-order valence-corrected chi connectivity index (χ2v) is 20.3. The lowest BCUT2D eigenvalue weighted by Crippen LogP contribution is -2.40. The number of halogens is 2. The fourth-order valence-electron chi connectivity index (χ4n) is 2.60. The molecule has 0 aromatic heterocycles. The molecule has 2 aromatic rings. The van der Waals surface area contributed by atoms with Gasteiger partial charge in [0.05, 0.1) is 0 Å². The van der Waals surface area contributed by atoms with Crippen molar-refractivity contribution in [1.82, 2.24) is 0 Å². The van der Waals surface area contributed by atoms with Gasteiger partial charge >= 0.3 is 11.4 Å². The maximum atomic E-state index is 6.38. The van der Waals surface area contributed by atoms with E-state index >= 15 is 0 Å². The van der Waals surface area contributed by atoms with Crippen LogP contribution in [0, 0.1) is 0 Å². The smallest absolute Gasteiger partial charge is 0.606 e. The second-order valence-electron chi connectivity index (χ2n) is 8.76. The van der Waals surface area contributed by atoms with Gasteiger partial charge in [0.25, 0.3) is 0 Å². The van der Waals surface area contributed by atoms with Gasteiger partial charge in [-0.15, -0.1) is 0 Å². The number of fused-ring (bicyclic) bond motifs is 2. The summed E-state index contributed by atoms with van der Waals surface area (Å²) in [7, 11) is -2.75. The van der Waals surface area contributed by atoms with Crippen LogP contribution >= 0.6 is 37.2 Å². The number of para-hydroxylation sites is 4. The number of benzene rings is 2. The highest BCUT2D eigenvalue weighted by Crippen LogP contribution is 2.63. The fourth-order valence-corrected chi connectivity index (χ4v) is 4.70. The molecule has 4 nitrogen and oxygen atoms in total. The van der Waals surface area contributed by atoms with Crippen molar-refractivity contribution in [3.05, 3.63) is 48.5 Å². The molecule has 4 rings (SSSR count). The van der Waals surface area contributed by atoms with E-state index in [1.54, 1.807) is 0 Å². The van der Waals surface area contributed by atoms with E-state index in [9.17, 15) is 0 Å². The van der Waals surface area contributed by atoms with E-state index < -0.39 is 25.7 Å². The first kappa shape index (κ1) is 21.9. The van der Waals surface area contributed by atoms with Crippen molar-refractivity contribution in [2.45, 2.75) is 0 Å². The van der Waals surface area contributed by atoms with Crippen LogP contribution in [0.2, 0.25) is 0 Å². The Morgan fingerprint density at radius 3 is 0.929 bits per heavy atom. The normalized spacial score (nSPS) is 18.3. The van der Waals surface area contributed by atoms with E-state index in [1.807, 2.05) is 48.5 Å². The van der Waals surface area contributed by atoms with Crippen molar-refractivity contribution < 1.29 is 18.6 Å². The highest BCUT2D eigenvalue weighted by atomic mass is 35.5. The van der Waals surface area contributed by atoms with Crippen LogP contribution in [-0.4, -0.2) is 51.4 Å². The van der Waals surface area contributed by atoms with Crippen molar-refractivity contribution in [1.29, 1.82) is 0 Å². The Morgan fingerprint density at radius 1 is 0.536 bits per heavy atom. The first-order chi connectivity index (χ1) is 12.8. The van der Waals surface area contributed by atoms with Crippen LogP contribution in [0.25, 0.3) is 0 Å². The van der Waals surface area contributed by atoms with Gasteiger partial charge in [0.15, 0.2) is 0 Å². The topological polar surface area (TPSA) is 36.9 Å². The van der Waals surface area contributed by atoms with E-state index in [-0.39, 0.29) is 0 Å². The Balaban J connectivity index is 0.000000161. The van der Waals surface area contributed by atoms with E-state index in [0.29, 0.717) is 0 Å². The molecule has 0 saturated heterocycles. The van der Waals surface area contributed by atoms with Gasteiger partial charge in [0.2, 0.25) is 0 Å². The lowest BCUT2D eigenvalue weighted by molar-refractivity contribution is 0.514. The SMILES string of the molecule is C[P+](C)(C)[B-]1(Cl)Oc2ccccc2O1.C[P+](C)(C)[B-]1(Cl)Oc2ccccc2O1. The largest absolute Gasteiger partial charge is 0.633 e. The van der Waals surface area contributed by atoms with Crippen molar-refractivity contribution in [3.63, 3.8) is 0 Å². The molecule has 0 bridgehead atoms. The lowest BCUT2D eigenvalue weighted by atomic mass is 10.3. The molecule has 2 aliphatic heterocycles. The van der Waals surface area contributed by atoms with Crippen LogP contribution in [-0.2, 0) is 0 Å². The Bertz CT molecular complexity index is 750. The van der Waals surface area contributed by atoms with Crippen molar-refractivity contribution in [3.8, 4) is 23.0 Å². The molecule has 28 heavy (non-hydrogen) atoms. The maximum absolute atomic E-state index is 6.38. The molecule has 0 fully saturated rings. The monoisotopic (exact) mass is 460 g/mol. The van der Waals surface area contributed by atoms with Crippen molar-refractivity contribution in [2.24, 2.45) is 0 Å². The third-order valence-electron chi connectivity index (χ3n) is 4.64. The predicted octanol–water partition coefficient (Wildman–Crippen LogP) is 6.08. The number of rotatable bonds is 2. The minimum absolute atomic E-state index is 0.762. The van der Waals surface area contributed by atoms with Crippen LogP contribution in [0.5, 0.6) is 23.0 Å². The molecule has 2 aromatic carbocycles. The molecule has 0 radical (unpaired) electrons. The van der Waals surface area contributed by atoms with Gasteiger partial charge in [0.1, 0.15) is 23.0 Å². The van der Waals surface area contributed by atoms with Crippen LogP contribution < -0.4 is 18.6 Å². The minimum atomic E-state index is -1.67. The summed E-state index contributed by atoms with van der Waals surface area (Å²) in [6.45, 7) is 12.7. The molecular formula is C18H26B2Cl2O4P2. The molecule has 0 spiro atoms. The summed E-state index contributed by atoms with van der Waals surface area (Å²) in [6.07, 6.45) is 0. The summed E-state index contributed by atoms with van der Waals surface area (Å²) in [5.74, 6) is 3.05. The third-order valence-corrected chi connectivity index (χ3v) is 12.6. The molecule has 0 N–H and O–H groups in total. The molecule has 2 heterocycles. The van der Waals surface area contributed by atoms with E-state index in [2.05, 4.69) is 40.0 Å². The van der Waals surface area contributed by atoms with Crippen molar-refractivity contribution >= 4 is 48.6 Å². The molecule has 0 saturated carbocycles. The van der Waals surface area contributed by atoms with E-state index in [0.717, 1.165) is 23.0 Å². The third kappa shape index (κ3) is 4.21. The molecule has 152 valence electrons. The Morgan fingerprint density at radius 2 is 0.750 bits per heavy atom. The zero-order chi connectivity index (χ0) is 20.8. The summed E-state index contributed by atoms with van der Waals surface area (Å²) in [5, 5.41) is 0. The van der Waals surface area contributed by atoms with E-state index in [4.69, 9.17) is 41.5 Å². The number of hydrogen-bond donors (Lipinski definition) is 0. The summed E-state index contributed by atoms with van der Waals surface area (Å²) in [6, 6.07) is 15.2. The molecule has 0 amide bonds. The van der Waals surface area contributed by atoms with E-state index in [1.165, 1.54) is 0 Å². The number of hydrogen-bond acceptors (Lipinski definition) is 4. The molecule has 2 aliphatic rings. The van der Waals surface area contributed by atoms with Gasteiger partial charge in [-0.3, -0.25) is 0 Å². The maximum Gasteiger partial charge on any atom is 0.606 e. The quantitative estimate of drug-likeness (QED) is 0.402. The Hall–Kier alpha value is -0.790. The van der Waals surface area contributed by atoms with Crippen LogP contribution in [0.4, 0.5) is 0 Å². The summed E-state index contributed by atoms with van der Waals surface area (Å²) in [5.41, 5.74) is -3.33. The van der Waals surface area contributed by atoms with Gasteiger partial charge in [0, 0.05) is 40.0 Å². The highest BCUT2D eigenvalue weighted by molar-refractivity contribution is 8.11. The molecule has 0 unspecified atom stereocenters. The van der Waals surface area contributed by atoms with Gasteiger partial charge < -0.3 is 18.6 Å². The zero-order valence-electron chi connectivity index (χ0n) is 17.1. The average molecular weight is 461 g/mol. The zero-order valence-corrected chi connectivity index (χ0v) is 20.4. The van der Waals surface area contributed by atoms with Gasteiger partial charge in [-0.05, 0) is 38.5 Å². The first-order valence-corrected chi connectivity index (χ1v) is 16.3. The van der Waals surface area contributed by atoms with Gasteiger partial charge in [-0.2, -0.15) is 0 Å². The predicted molar refractivity (Wildman–Crippen MR) is 128 cm³/mol. The molecule has 10 heteroatoms. The van der Waals surface area contributed by atoms with Crippen LogP contribution in [0.15, 0.2) is 48.5 Å². The fraction of sp³-hybridized carbons (Fsp3) is 0.333. The summed E-state index contributed by atoms with van der Waals surface area (Å²) in [4.78, 5) is 0. The minimum Gasteiger partial charge on any atom is -0.633 e. The van der Waals surface area contributed by atoms with Crippen LogP contribution in [0.3, 0.4) is 0 Å². The lowest BCUT2D eigenvalue weighted by Gasteiger charge is -2.33. The second kappa shape index (κ2) is 7.47. The molecular weight excluding hydrogens is 435 g/mol. The van der Waals surface area contributed by atoms with Gasteiger partial charge in [-0.25, -0.2) is 22.9 Å². The average Bonchev–Trinajstić information content (AvgIpc) is 3.11. The Kier molecular flexibility index (Phi) is 5.85. The van der Waals surface area contributed by atoms with Crippen LogP contribution in [0.1, 0.15) is 0 Å². The summed E-state index contributed by atoms with van der Waals surface area (Å²) < 4.78 is 22.9. The first-order valence-electron chi connectivity index (χ1n) is 9.05. The summed E-state index contributed by atoms with van der Waals surface area (Å²) >= 11 is 12.8. The highest BCUT2D eigenvalue weighted by Gasteiger charge is 2.54. The van der Waals surface area contributed by atoms with Crippen molar-refractivity contribution in [2.75, 3.05) is 40.0 Å². The van der Waals surface area contributed by atoms with Gasteiger partial charge in [-0.1, -0.05) is 24.3 Å². The standard InChI is InChI=1S/2C9H13BClO2P/c2*1-14(2,3)10(11)12-8-6-4-5-7-9(8)13-10/h2*4-7H,1-3H3. The molecule has 0 atom stereocenters. The molecule has 0 aliphatic carbocycles. The Labute approximate surface area is 178 Å².